The van der Waals surface area contributed by atoms with Crippen molar-refractivity contribution in [2.24, 2.45) is 0 Å². The Morgan fingerprint density at radius 1 is 1.62 bits per heavy atom. The summed E-state index contributed by atoms with van der Waals surface area (Å²) in [5.74, 6) is 0. The first-order chi connectivity index (χ1) is 6.20. The molecule has 0 aliphatic carbocycles. The van der Waals surface area contributed by atoms with Gasteiger partial charge >= 0.3 is 6.09 Å². The third kappa shape index (κ3) is 7.55. The van der Waals surface area contributed by atoms with Crippen LogP contribution in [0.1, 0.15) is 13.8 Å². The highest BCUT2D eigenvalue weighted by Crippen LogP contribution is 1.87. The second-order valence-corrected chi connectivity index (χ2v) is 2.51. The van der Waals surface area contributed by atoms with Crippen LogP contribution in [0.4, 0.5) is 4.79 Å². The van der Waals surface area contributed by atoms with Gasteiger partial charge in [0, 0.05) is 13.2 Å². The Morgan fingerprint density at radius 2 is 2.31 bits per heavy atom. The van der Waals surface area contributed by atoms with Crippen LogP contribution in [0.2, 0.25) is 0 Å². The number of hydrogen-bond acceptors (Lipinski definition) is 4. The van der Waals surface area contributed by atoms with Crippen molar-refractivity contribution in [3.05, 3.63) is 0 Å². The molecule has 5 nitrogen and oxygen atoms in total. The Kier molecular flexibility index (Phi) is 7.33. The van der Waals surface area contributed by atoms with E-state index in [1.165, 1.54) is 0 Å². The van der Waals surface area contributed by atoms with E-state index in [-0.39, 0.29) is 19.3 Å². The van der Waals surface area contributed by atoms with Crippen LogP contribution in [0.5, 0.6) is 0 Å². The Morgan fingerprint density at radius 3 is 2.85 bits per heavy atom. The summed E-state index contributed by atoms with van der Waals surface area (Å²) in [6.07, 6.45) is -0.549. The van der Waals surface area contributed by atoms with E-state index in [1.807, 2.05) is 13.8 Å². The molecule has 78 valence electrons. The molecule has 5 heteroatoms. The van der Waals surface area contributed by atoms with E-state index < -0.39 is 6.09 Å². The number of aliphatic hydroxyl groups is 1. The van der Waals surface area contributed by atoms with Crippen molar-refractivity contribution in [3.8, 4) is 0 Å². The minimum atomic E-state index is -0.527. The SMILES string of the molecule is CCOC(C)CNC(=O)OCCO. The highest BCUT2D eigenvalue weighted by atomic mass is 16.6. The van der Waals surface area contributed by atoms with Gasteiger partial charge in [0.1, 0.15) is 6.61 Å². The Bertz CT molecular complexity index is 140. The number of amides is 1. The van der Waals surface area contributed by atoms with Gasteiger partial charge in [0.2, 0.25) is 0 Å². The molecule has 1 amide bonds. The van der Waals surface area contributed by atoms with E-state index in [0.717, 1.165) is 0 Å². The first kappa shape index (κ1) is 12.2. The maximum absolute atomic E-state index is 10.8. The van der Waals surface area contributed by atoms with Crippen molar-refractivity contribution in [2.75, 3.05) is 26.4 Å². The van der Waals surface area contributed by atoms with E-state index >= 15 is 0 Å². The second kappa shape index (κ2) is 7.82. The molecule has 0 aromatic rings. The molecule has 0 saturated carbocycles. The molecule has 1 unspecified atom stereocenters. The standard InChI is InChI=1S/C8H17NO4/c1-3-12-7(2)6-9-8(11)13-5-4-10/h7,10H,3-6H2,1-2H3,(H,9,11). The van der Waals surface area contributed by atoms with Crippen LogP contribution < -0.4 is 5.32 Å². The summed E-state index contributed by atoms with van der Waals surface area (Å²) in [4.78, 5) is 10.8. The number of alkyl carbamates (subject to hydrolysis) is 1. The van der Waals surface area contributed by atoms with Crippen LogP contribution in [-0.4, -0.2) is 43.7 Å². The largest absolute Gasteiger partial charge is 0.447 e. The molecule has 0 aliphatic rings. The number of carbonyl (C=O) groups is 1. The summed E-state index contributed by atoms with van der Waals surface area (Å²) in [5, 5.41) is 10.9. The van der Waals surface area contributed by atoms with Crippen molar-refractivity contribution in [3.63, 3.8) is 0 Å². The first-order valence-electron chi connectivity index (χ1n) is 4.33. The number of nitrogens with one attached hydrogen (secondary N) is 1. The van der Waals surface area contributed by atoms with Gasteiger partial charge in [-0.3, -0.25) is 0 Å². The third-order valence-electron chi connectivity index (χ3n) is 1.31. The number of ether oxygens (including phenoxy) is 2. The summed E-state index contributed by atoms with van der Waals surface area (Å²) in [6, 6.07) is 0. The van der Waals surface area contributed by atoms with E-state index in [2.05, 4.69) is 10.1 Å². The molecule has 13 heavy (non-hydrogen) atoms. The van der Waals surface area contributed by atoms with Gasteiger partial charge in [-0.1, -0.05) is 0 Å². The summed E-state index contributed by atoms with van der Waals surface area (Å²) < 4.78 is 9.74. The molecule has 0 bridgehead atoms. The molecule has 0 aliphatic heterocycles. The molecule has 0 aromatic carbocycles. The van der Waals surface area contributed by atoms with Crippen LogP contribution in [0.3, 0.4) is 0 Å². The van der Waals surface area contributed by atoms with Crippen molar-refractivity contribution in [1.82, 2.24) is 5.32 Å². The zero-order valence-electron chi connectivity index (χ0n) is 8.08. The fraction of sp³-hybridized carbons (Fsp3) is 0.875. The van der Waals surface area contributed by atoms with Crippen LogP contribution >= 0.6 is 0 Å². The lowest BCUT2D eigenvalue weighted by atomic mass is 10.4. The van der Waals surface area contributed by atoms with Crippen LogP contribution in [0.25, 0.3) is 0 Å². The van der Waals surface area contributed by atoms with E-state index in [0.29, 0.717) is 13.2 Å². The van der Waals surface area contributed by atoms with Crippen molar-refractivity contribution in [2.45, 2.75) is 20.0 Å². The lowest BCUT2D eigenvalue weighted by molar-refractivity contribution is 0.0705. The monoisotopic (exact) mass is 191 g/mol. The van der Waals surface area contributed by atoms with Crippen LogP contribution in [0.15, 0.2) is 0 Å². The zero-order valence-corrected chi connectivity index (χ0v) is 8.08. The Labute approximate surface area is 78.0 Å². The number of carbonyl (C=O) groups excluding carboxylic acids is 1. The molecular formula is C8H17NO4. The van der Waals surface area contributed by atoms with Gasteiger partial charge in [0.25, 0.3) is 0 Å². The summed E-state index contributed by atoms with van der Waals surface area (Å²) in [6.45, 7) is 4.65. The molecule has 0 radical (unpaired) electrons. The molecule has 2 N–H and O–H groups in total. The Balaban J connectivity index is 3.34. The Hall–Kier alpha value is -0.810. The van der Waals surface area contributed by atoms with Gasteiger partial charge in [-0.15, -0.1) is 0 Å². The average molecular weight is 191 g/mol. The molecule has 0 fully saturated rings. The topological polar surface area (TPSA) is 67.8 Å². The smallest absolute Gasteiger partial charge is 0.407 e. The minimum absolute atomic E-state index is 0.0216. The van der Waals surface area contributed by atoms with Crippen molar-refractivity contribution >= 4 is 6.09 Å². The van der Waals surface area contributed by atoms with Gasteiger partial charge in [-0.2, -0.15) is 0 Å². The maximum Gasteiger partial charge on any atom is 0.407 e. The lowest BCUT2D eigenvalue weighted by Crippen LogP contribution is -2.33. The van der Waals surface area contributed by atoms with Crippen molar-refractivity contribution < 1.29 is 19.4 Å². The van der Waals surface area contributed by atoms with E-state index in [4.69, 9.17) is 9.84 Å². The molecule has 0 spiro atoms. The normalized spacial score (nSPS) is 12.2. The summed E-state index contributed by atoms with van der Waals surface area (Å²) >= 11 is 0. The number of rotatable bonds is 6. The lowest BCUT2D eigenvalue weighted by Gasteiger charge is -2.12. The minimum Gasteiger partial charge on any atom is -0.447 e. The van der Waals surface area contributed by atoms with Gasteiger partial charge in [0.15, 0.2) is 0 Å². The summed E-state index contributed by atoms with van der Waals surface area (Å²) in [7, 11) is 0. The second-order valence-electron chi connectivity index (χ2n) is 2.51. The zero-order chi connectivity index (χ0) is 10.1. The molecule has 0 saturated heterocycles. The van der Waals surface area contributed by atoms with Crippen molar-refractivity contribution in [1.29, 1.82) is 0 Å². The van der Waals surface area contributed by atoms with Crippen LogP contribution in [-0.2, 0) is 9.47 Å². The fourth-order valence-corrected chi connectivity index (χ4v) is 0.760. The van der Waals surface area contributed by atoms with Gasteiger partial charge in [-0.25, -0.2) is 4.79 Å². The molecule has 0 heterocycles. The molecular weight excluding hydrogens is 174 g/mol. The summed E-state index contributed by atoms with van der Waals surface area (Å²) in [5.41, 5.74) is 0. The highest BCUT2D eigenvalue weighted by molar-refractivity contribution is 5.67. The first-order valence-corrected chi connectivity index (χ1v) is 4.33. The molecule has 1 atom stereocenters. The maximum atomic E-state index is 10.8. The highest BCUT2D eigenvalue weighted by Gasteiger charge is 2.04. The van der Waals surface area contributed by atoms with Gasteiger partial charge < -0.3 is 19.9 Å². The predicted molar refractivity (Wildman–Crippen MR) is 47.5 cm³/mol. The average Bonchev–Trinajstić information content (AvgIpc) is 2.12. The molecule has 0 aromatic heterocycles. The number of aliphatic hydroxyl groups excluding tert-OH is 1. The third-order valence-corrected chi connectivity index (χ3v) is 1.31. The number of hydrogen-bond donors (Lipinski definition) is 2. The van der Waals surface area contributed by atoms with Gasteiger partial charge in [0.05, 0.1) is 12.7 Å². The fourth-order valence-electron chi connectivity index (χ4n) is 0.760. The molecule has 0 rings (SSSR count). The van der Waals surface area contributed by atoms with E-state index in [1.54, 1.807) is 0 Å². The van der Waals surface area contributed by atoms with E-state index in [9.17, 15) is 4.79 Å². The predicted octanol–water partition coefficient (Wildman–Crippen LogP) is 0.130. The van der Waals surface area contributed by atoms with Gasteiger partial charge in [-0.05, 0) is 13.8 Å². The quantitative estimate of drug-likeness (QED) is 0.626. The van der Waals surface area contributed by atoms with Crippen LogP contribution in [0, 0.1) is 0 Å².